The number of aldehydes is 1. The average Bonchev–Trinajstić information content (AvgIpc) is 3.63. The summed E-state index contributed by atoms with van der Waals surface area (Å²) < 4.78 is 5.72. The molecule has 1 saturated carbocycles. The van der Waals surface area contributed by atoms with Crippen molar-refractivity contribution in [3.8, 4) is 12.3 Å². The van der Waals surface area contributed by atoms with Crippen LogP contribution in [-0.2, 0) is 14.3 Å². The van der Waals surface area contributed by atoms with E-state index < -0.39 is 17.8 Å². The number of benzene rings is 1. The summed E-state index contributed by atoms with van der Waals surface area (Å²) >= 11 is 0. The molecular weight excluding hydrogens is 444 g/mol. The molecule has 0 aromatic heterocycles. The van der Waals surface area contributed by atoms with Crippen LogP contribution in [-0.4, -0.2) is 92.0 Å². The standard InChI is InChI=1S/C27H34N4O4/c1-3-19-16-31(24-23(33)17-35-25(19)24)27(18-32,21-6-4-5-7-21)28-26(34)20-8-10-22(11-9-20)30-14-12-29(2)13-15-30/h1,8-11,18-19,21,24-25H,4-7,12-17H2,2H3,(H,28,34). The van der Waals surface area contributed by atoms with E-state index in [2.05, 4.69) is 28.1 Å². The molecule has 8 nitrogen and oxygen atoms in total. The number of hydrogen-bond acceptors (Lipinski definition) is 7. The fourth-order valence-electron chi connectivity index (χ4n) is 6.29. The number of carbonyl (C=O) groups is 3. The number of hydrogen-bond donors (Lipinski definition) is 1. The smallest absolute Gasteiger partial charge is 0.253 e. The molecule has 0 radical (unpaired) electrons. The highest BCUT2D eigenvalue weighted by Gasteiger charge is 2.59. The van der Waals surface area contributed by atoms with Crippen LogP contribution in [0.3, 0.4) is 0 Å². The summed E-state index contributed by atoms with van der Waals surface area (Å²) in [4.78, 5) is 45.6. The van der Waals surface area contributed by atoms with Crippen molar-refractivity contribution in [3.63, 3.8) is 0 Å². The summed E-state index contributed by atoms with van der Waals surface area (Å²) in [5, 5.41) is 3.09. The number of amides is 1. The van der Waals surface area contributed by atoms with Gasteiger partial charge < -0.3 is 19.9 Å². The second kappa shape index (κ2) is 9.73. The van der Waals surface area contributed by atoms with E-state index in [1.807, 2.05) is 29.2 Å². The second-order valence-electron chi connectivity index (χ2n) is 10.3. The average molecular weight is 479 g/mol. The van der Waals surface area contributed by atoms with Gasteiger partial charge in [-0.15, -0.1) is 6.42 Å². The molecule has 1 aliphatic carbocycles. The maximum Gasteiger partial charge on any atom is 0.253 e. The van der Waals surface area contributed by atoms with Crippen molar-refractivity contribution in [2.45, 2.75) is 43.5 Å². The molecule has 4 aliphatic rings. The molecule has 3 heterocycles. The molecule has 35 heavy (non-hydrogen) atoms. The Morgan fingerprint density at radius 3 is 2.49 bits per heavy atom. The highest BCUT2D eigenvalue weighted by atomic mass is 16.5. The zero-order valence-electron chi connectivity index (χ0n) is 20.3. The largest absolute Gasteiger partial charge is 0.369 e. The van der Waals surface area contributed by atoms with Gasteiger partial charge in [-0.3, -0.25) is 19.3 Å². The number of rotatable bonds is 6. The lowest BCUT2D eigenvalue weighted by molar-refractivity contribution is -0.131. The number of ketones is 1. The van der Waals surface area contributed by atoms with Crippen LogP contribution in [0.5, 0.6) is 0 Å². The van der Waals surface area contributed by atoms with Crippen LogP contribution in [0.15, 0.2) is 24.3 Å². The van der Waals surface area contributed by atoms with Gasteiger partial charge in [0.05, 0.1) is 12.0 Å². The maximum absolute atomic E-state index is 13.5. The molecule has 4 unspecified atom stereocenters. The van der Waals surface area contributed by atoms with E-state index >= 15 is 0 Å². The Hall–Kier alpha value is -2.73. The maximum atomic E-state index is 13.5. The normalized spacial score (nSPS) is 29.5. The minimum atomic E-state index is -1.29. The van der Waals surface area contributed by atoms with Gasteiger partial charge in [0, 0.05) is 49.9 Å². The SMILES string of the molecule is C#CC1CN(C(C=O)(NC(=O)c2ccc(N3CCN(C)CC3)cc2)C2CCCC2)C2C(=O)COC12. The summed E-state index contributed by atoms with van der Waals surface area (Å²) in [5.41, 5.74) is 0.284. The fourth-order valence-corrected chi connectivity index (χ4v) is 6.29. The number of likely N-dealkylation sites (tertiary alicyclic amines) is 1. The summed E-state index contributed by atoms with van der Waals surface area (Å²) in [6, 6.07) is 6.95. The van der Waals surface area contributed by atoms with E-state index in [1.54, 1.807) is 0 Å². The number of anilines is 1. The van der Waals surface area contributed by atoms with Crippen molar-refractivity contribution in [2.24, 2.45) is 11.8 Å². The Morgan fingerprint density at radius 2 is 1.86 bits per heavy atom. The van der Waals surface area contributed by atoms with Crippen molar-refractivity contribution in [2.75, 3.05) is 51.3 Å². The van der Waals surface area contributed by atoms with Gasteiger partial charge in [-0.05, 0) is 44.2 Å². The molecule has 3 saturated heterocycles. The minimum absolute atomic E-state index is 0.00861. The topological polar surface area (TPSA) is 82.2 Å². The first-order chi connectivity index (χ1) is 17.0. The third kappa shape index (κ3) is 4.26. The summed E-state index contributed by atoms with van der Waals surface area (Å²) in [6.07, 6.45) is 9.75. The highest BCUT2D eigenvalue weighted by Crippen LogP contribution is 2.42. The van der Waals surface area contributed by atoms with Gasteiger partial charge in [0.2, 0.25) is 0 Å². The van der Waals surface area contributed by atoms with E-state index in [0.717, 1.165) is 63.8 Å². The monoisotopic (exact) mass is 478 g/mol. The number of nitrogens with zero attached hydrogens (tertiary/aromatic N) is 3. The van der Waals surface area contributed by atoms with E-state index in [9.17, 15) is 14.4 Å². The lowest BCUT2D eigenvalue weighted by Crippen LogP contribution is -2.68. The second-order valence-corrected chi connectivity index (χ2v) is 10.3. The van der Waals surface area contributed by atoms with Crippen LogP contribution in [0.25, 0.3) is 0 Å². The van der Waals surface area contributed by atoms with Gasteiger partial charge >= 0.3 is 0 Å². The van der Waals surface area contributed by atoms with Crippen LogP contribution in [0.4, 0.5) is 5.69 Å². The first-order valence-corrected chi connectivity index (χ1v) is 12.7. The number of likely N-dealkylation sites (N-methyl/N-ethyl adjacent to an activating group) is 1. The molecule has 3 aliphatic heterocycles. The molecule has 186 valence electrons. The fraction of sp³-hybridized carbons (Fsp3) is 0.593. The van der Waals surface area contributed by atoms with Gasteiger partial charge in [-0.2, -0.15) is 0 Å². The van der Waals surface area contributed by atoms with Crippen molar-refractivity contribution in [1.29, 1.82) is 0 Å². The Kier molecular flexibility index (Phi) is 6.67. The Labute approximate surface area is 206 Å². The first-order valence-electron chi connectivity index (χ1n) is 12.7. The number of carbonyl (C=O) groups excluding carboxylic acids is 3. The molecule has 4 fully saturated rings. The number of Topliss-reactive ketones (excluding diaryl/α,β-unsaturated/α-hetero) is 1. The van der Waals surface area contributed by atoms with Crippen LogP contribution in [0.2, 0.25) is 0 Å². The van der Waals surface area contributed by atoms with Crippen molar-refractivity contribution >= 4 is 23.7 Å². The predicted molar refractivity (Wildman–Crippen MR) is 132 cm³/mol. The van der Waals surface area contributed by atoms with E-state index in [1.165, 1.54) is 0 Å². The van der Waals surface area contributed by atoms with Gasteiger partial charge in [-0.1, -0.05) is 18.8 Å². The summed E-state index contributed by atoms with van der Waals surface area (Å²) in [5.74, 6) is 1.96. The molecule has 1 aromatic carbocycles. The van der Waals surface area contributed by atoms with Gasteiger partial charge in [0.25, 0.3) is 5.91 Å². The Balaban J connectivity index is 1.40. The molecular formula is C27H34N4O4. The molecule has 1 amide bonds. The van der Waals surface area contributed by atoms with Crippen LogP contribution in [0, 0.1) is 24.2 Å². The van der Waals surface area contributed by atoms with Crippen molar-refractivity contribution in [1.82, 2.24) is 15.1 Å². The number of terminal acetylenes is 1. The number of nitrogens with one attached hydrogen (secondary N) is 1. The van der Waals surface area contributed by atoms with Gasteiger partial charge in [-0.25, -0.2) is 0 Å². The molecule has 1 N–H and O–H groups in total. The summed E-state index contributed by atoms with van der Waals surface area (Å²) in [7, 11) is 2.12. The van der Waals surface area contributed by atoms with Gasteiger partial charge in [0.1, 0.15) is 12.6 Å². The predicted octanol–water partition coefficient (Wildman–Crippen LogP) is 1.16. The van der Waals surface area contributed by atoms with E-state index in [-0.39, 0.29) is 30.1 Å². The molecule has 4 atom stereocenters. The molecule has 0 spiro atoms. The van der Waals surface area contributed by atoms with E-state index in [0.29, 0.717) is 12.1 Å². The van der Waals surface area contributed by atoms with Crippen molar-refractivity contribution in [3.05, 3.63) is 29.8 Å². The summed E-state index contributed by atoms with van der Waals surface area (Å²) in [6.45, 7) is 4.24. The minimum Gasteiger partial charge on any atom is -0.369 e. The van der Waals surface area contributed by atoms with Crippen LogP contribution in [0.1, 0.15) is 36.0 Å². The number of ether oxygens (including phenoxy) is 1. The third-order valence-electron chi connectivity index (χ3n) is 8.34. The van der Waals surface area contributed by atoms with Gasteiger partial charge in [0.15, 0.2) is 17.7 Å². The Bertz CT molecular complexity index is 1010. The zero-order chi connectivity index (χ0) is 24.6. The van der Waals surface area contributed by atoms with Crippen molar-refractivity contribution < 1.29 is 19.1 Å². The molecule has 0 bridgehead atoms. The first kappa shape index (κ1) is 24.0. The number of piperazine rings is 1. The lowest BCUT2D eigenvalue weighted by Gasteiger charge is -2.44. The lowest BCUT2D eigenvalue weighted by atomic mass is 9.88. The zero-order valence-corrected chi connectivity index (χ0v) is 20.3. The molecule has 1 aromatic rings. The van der Waals surface area contributed by atoms with Crippen LogP contribution < -0.4 is 10.2 Å². The molecule has 5 rings (SSSR count). The Morgan fingerprint density at radius 1 is 1.17 bits per heavy atom. The van der Waals surface area contributed by atoms with Crippen LogP contribution >= 0.6 is 0 Å². The number of fused-ring (bicyclic) bond motifs is 1. The van der Waals surface area contributed by atoms with E-state index in [4.69, 9.17) is 11.2 Å². The highest BCUT2D eigenvalue weighted by molar-refractivity contribution is 5.97. The quantitative estimate of drug-likeness (QED) is 0.485. The third-order valence-corrected chi connectivity index (χ3v) is 8.34. The molecule has 8 heteroatoms.